The summed E-state index contributed by atoms with van der Waals surface area (Å²) in [6.07, 6.45) is 2.82. The first-order chi connectivity index (χ1) is 9.16. The van der Waals surface area contributed by atoms with Crippen LogP contribution < -0.4 is 4.90 Å². The van der Waals surface area contributed by atoms with Gasteiger partial charge in [-0.1, -0.05) is 15.9 Å². The van der Waals surface area contributed by atoms with Gasteiger partial charge in [0, 0.05) is 16.7 Å². The van der Waals surface area contributed by atoms with Gasteiger partial charge in [-0.3, -0.25) is 9.59 Å². The molecule has 0 spiro atoms. The van der Waals surface area contributed by atoms with E-state index in [2.05, 4.69) is 15.9 Å². The predicted molar refractivity (Wildman–Crippen MR) is 75.8 cm³/mol. The topological polar surface area (TPSA) is 40.6 Å². The lowest BCUT2D eigenvalue weighted by Gasteiger charge is -2.42. The van der Waals surface area contributed by atoms with E-state index >= 15 is 0 Å². The summed E-state index contributed by atoms with van der Waals surface area (Å²) < 4.78 is 0.964. The number of benzene rings is 1. The van der Waals surface area contributed by atoms with Gasteiger partial charge in [-0.25, -0.2) is 0 Å². The average Bonchev–Trinajstić information content (AvgIpc) is 2.44. The number of carbonyl (C=O) groups is 2. The summed E-state index contributed by atoms with van der Waals surface area (Å²) >= 11 is 3.37. The maximum atomic E-state index is 12.5. The number of rotatable bonds is 1. The van der Waals surface area contributed by atoms with Crippen molar-refractivity contribution in [3.63, 3.8) is 0 Å². The Bertz CT molecular complexity index is 515. The molecule has 3 rings (SSSR count). The molecule has 19 heavy (non-hydrogen) atoms. The molecular formula is C14H15BrN2O2. The van der Waals surface area contributed by atoms with Crippen LogP contribution >= 0.6 is 15.9 Å². The zero-order valence-corrected chi connectivity index (χ0v) is 12.1. The van der Waals surface area contributed by atoms with Gasteiger partial charge >= 0.3 is 0 Å². The SMILES string of the molecule is O=C1C2CCCCN2C(=O)CN1c1ccc(Br)cc1. The van der Waals surface area contributed by atoms with E-state index in [-0.39, 0.29) is 24.4 Å². The first-order valence-electron chi connectivity index (χ1n) is 6.53. The summed E-state index contributed by atoms with van der Waals surface area (Å²) in [6.45, 7) is 0.889. The van der Waals surface area contributed by atoms with Crippen molar-refractivity contribution in [2.45, 2.75) is 25.3 Å². The Kier molecular flexibility index (Phi) is 3.31. The standard InChI is InChI=1S/C14H15BrN2O2/c15-10-4-6-11(7-5-10)17-9-13(18)16-8-2-1-3-12(16)14(17)19/h4-7,12H,1-3,8-9H2. The van der Waals surface area contributed by atoms with E-state index in [1.165, 1.54) is 0 Å². The Balaban J connectivity index is 1.89. The van der Waals surface area contributed by atoms with Crippen LogP contribution in [0.1, 0.15) is 19.3 Å². The predicted octanol–water partition coefficient (Wildman–Crippen LogP) is 2.18. The highest BCUT2D eigenvalue weighted by Crippen LogP contribution is 2.27. The second-order valence-corrected chi connectivity index (χ2v) is 5.92. The number of piperidine rings is 1. The van der Waals surface area contributed by atoms with Crippen LogP contribution in [0.4, 0.5) is 5.69 Å². The van der Waals surface area contributed by atoms with Crippen molar-refractivity contribution in [1.82, 2.24) is 4.90 Å². The fourth-order valence-electron chi connectivity index (χ4n) is 2.81. The molecule has 1 aromatic rings. The first-order valence-corrected chi connectivity index (χ1v) is 7.32. The number of carbonyl (C=O) groups excluding carboxylic acids is 2. The molecule has 0 saturated carbocycles. The average molecular weight is 323 g/mol. The molecular weight excluding hydrogens is 308 g/mol. The molecule has 100 valence electrons. The molecule has 2 fully saturated rings. The third-order valence-electron chi connectivity index (χ3n) is 3.81. The van der Waals surface area contributed by atoms with Crippen molar-refractivity contribution >= 4 is 33.4 Å². The fraction of sp³-hybridized carbons (Fsp3) is 0.429. The number of anilines is 1. The largest absolute Gasteiger partial charge is 0.329 e. The van der Waals surface area contributed by atoms with Gasteiger partial charge in [0.25, 0.3) is 0 Å². The van der Waals surface area contributed by atoms with Crippen LogP contribution in [0.15, 0.2) is 28.7 Å². The van der Waals surface area contributed by atoms with Gasteiger partial charge in [0.2, 0.25) is 11.8 Å². The maximum Gasteiger partial charge on any atom is 0.250 e. The smallest absolute Gasteiger partial charge is 0.250 e. The van der Waals surface area contributed by atoms with E-state index in [9.17, 15) is 9.59 Å². The van der Waals surface area contributed by atoms with E-state index in [1.807, 2.05) is 24.3 Å². The first kappa shape index (κ1) is 12.7. The minimum atomic E-state index is -0.251. The van der Waals surface area contributed by atoms with Crippen molar-refractivity contribution in [3.05, 3.63) is 28.7 Å². The Labute approximate surface area is 120 Å². The number of amides is 2. The molecule has 1 atom stereocenters. The van der Waals surface area contributed by atoms with Crippen LogP contribution in [-0.2, 0) is 9.59 Å². The molecule has 2 amide bonds. The minimum Gasteiger partial charge on any atom is -0.329 e. The van der Waals surface area contributed by atoms with E-state index in [0.717, 1.165) is 36.0 Å². The molecule has 4 nitrogen and oxygen atoms in total. The summed E-state index contributed by atoms with van der Waals surface area (Å²) in [6, 6.07) is 7.26. The molecule has 0 aromatic heterocycles. The molecule has 0 aliphatic carbocycles. The van der Waals surface area contributed by atoms with Gasteiger partial charge in [-0.05, 0) is 43.5 Å². The summed E-state index contributed by atoms with van der Waals surface area (Å²) in [7, 11) is 0. The fourth-order valence-corrected chi connectivity index (χ4v) is 3.07. The van der Waals surface area contributed by atoms with Gasteiger partial charge in [0.15, 0.2) is 0 Å². The third-order valence-corrected chi connectivity index (χ3v) is 4.33. The lowest BCUT2D eigenvalue weighted by Crippen LogP contribution is -2.61. The lowest BCUT2D eigenvalue weighted by atomic mass is 9.98. The second kappa shape index (κ2) is 4.96. The molecule has 2 heterocycles. The normalized spacial score (nSPS) is 23.5. The molecule has 5 heteroatoms. The van der Waals surface area contributed by atoms with Crippen molar-refractivity contribution in [3.8, 4) is 0 Å². The number of fused-ring (bicyclic) bond motifs is 1. The van der Waals surface area contributed by atoms with Gasteiger partial charge in [-0.2, -0.15) is 0 Å². The molecule has 0 bridgehead atoms. The van der Waals surface area contributed by atoms with Crippen LogP contribution in [0.3, 0.4) is 0 Å². The molecule has 2 aliphatic heterocycles. The molecule has 0 N–H and O–H groups in total. The molecule has 1 unspecified atom stereocenters. The van der Waals surface area contributed by atoms with Crippen molar-refractivity contribution in [2.24, 2.45) is 0 Å². The number of halogens is 1. The van der Waals surface area contributed by atoms with Crippen LogP contribution in [0.25, 0.3) is 0 Å². The Morgan fingerprint density at radius 2 is 1.84 bits per heavy atom. The number of hydrogen-bond acceptors (Lipinski definition) is 2. The highest BCUT2D eigenvalue weighted by molar-refractivity contribution is 9.10. The van der Waals surface area contributed by atoms with Crippen LogP contribution in [0.5, 0.6) is 0 Å². The van der Waals surface area contributed by atoms with Crippen LogP contribution in [0, 0.1) is 0 Å². The van der Waals surface area contributed by atoms with Gasteiger partial charge in [0.05, 0.1) is 0 Å². The van der Waals surface area contributed by atoms with E-state index < -0.39 is 0 Å². The highest BCUT2D eigenvalue weighted by atomic mass is 79.9. The van der Waals surface area contributed by atoms with Crippen LogP contribution in [-0.4, -0.2) is 35.8 Å². The van der Waals surface area contributed by atoms with E-state index in [0.29, 0.717) is 0 Å². The summed E-state index contributed by atoms with van der Waals surface area (Å²) in [4.78, 5) is 28.0. The minimum absolute atomic E-state index is 0.0571. The van der Waals surface area contributed by atoms with Gasteiger partial charge < -0.3 is 9.80 Å². The van der Waals surface area contributed by atoms with Crippen molar-refractivity contribution in [2.75, 3.05) is 18.0 Å². The second-order valence-electron chi connectivity index (χ2n) is 5.00. The molecule has 2 saturated heterocycles. The summed E-state index contributed by atoms with van der Waals surface area (Å²) in [5.74, 6) is 0.119. The van der Waals surface area contributed by atoms with Crippen molar-refractivity contribution in [1.29, 1.82) is 0 Å². The van der Waals surface area contributed by atoms with E-state index in [4.69, 9.17) is 0 Å². The Morgan fingerprint density at radius 3 is 2.58 bits per heavy atom. The summed E-state index contributed by atoms with van der Waals surface area (Å²) in [5.41, 5.74) is 0.798. The molecule has 0 radical (unpaired) electrons. The van der Waals surface area contributed by atoms with Crippen LogP contribution in [0.2, 0.25) is 0 Å². The zero-order chi connectivity index (χ0) is 13.4. The third kappa shape index (κ3) is 2.27. The molecule has 1 aromatic carbocycles. The number of piperazine rings is 1. The van der Waals surface area contributed by atoms with E-state index in [1.54, 1.807) is 9.80 Å². The number of hydrogen-bond donors (Lipinski definition) is 0. The Morgan fingerprint density at radius 1 is 1.11 bits per heavy atom. The summed E-state index contributed by atoms with van der Waals surface area (Å²) in [5, 5.41) is 0. The molecule has 2 aliphatic rings. The Hall–Kier alpha value is -1.36. The highest BCUT2D eigenvalue weighted by Gasteiger charge is 2.40. The maximum absolute atomic E-state index is 12.5. The van der Waals surface area contributed by atoms with Crippen molar-refractivity contribution < 1.29 is 9.59 Å². The van der Waals surface area contributed by atoms with Gasteiger partial charge in [-0.15, -0.1) is 0 Å². The number of nitrogens with zero attached hydrogens (tertiary/aromatic N) is 2. The zero-order valence-electron chi connectivity index (χ0n) is 10.5. The van der Waals surface area contributed by atoms with Gasteiger partial charge in [0.1, 0.15) is 12.6 Å². The lowest BCUT2D eigenvalue weighted by molar-refractivity contribution is -0.144. The quantitative estimate of drug-likeness (QED) is 0.795. The monoisotopic (exact) mass is 322 g/mol.